The van der Waals surface area contributed by atoms with Crippen molar-refractivity contribution in [1.82, 2.24) is 9.80 Å². The molecule has 0 unspecified atom stereocenters. The highest BCUT2D eigenvalue weighted by Gasteiger charge is 2.23. The summed E-state index contributed by atoms with van der Waals surface area (Å²) in [4.78, 5) is 43.8. The Bertz CT molecular complexity index is 1250. The molecule has 4 rings (SSSR count). The van der Waals surface area contributed by atoms with Gasteiger partial charge in [-0.2, -0.15) is 0 Å². The van der Waals surface area contributed by atoms with Crippen molar-refractivity contribution >= 4 is 29.1 Å². The molecule has 0 saturated carbocycles. The zero-order chi connectivity index (χ0) is 27.1. The van der Waals surface area contributed by atoms with Crippen molar-refractivity contribution in [1.29, 1.82) is 0 Å². The Balaban J connectivity index is 1.29. The van der Waals surface area contributed by atoms with Gasteiger partial charge in [0.2, 0.25) is 5.91 Å². The molecule has 0 spiro atoms. The molecule has 3 aromatic rings. The topological polar surface area (TPSA) is 73.0 Å². The summed E-state index contributed by atoms with van der Waals surface area (Å²) < 4.78 is 13.2. The molecule has 0 aliphatic carbocycles. The van der Waals surface area contributed by atoms with Crippen molar-refractivity contribution in [2.45, 2.75) is 20.3 Å². The lowest BCUT2D eigenvalue weighted by Gasteiger charge is -2.36. The molecule has 38 heavy (non-hydrogen) atoms. The van der Waals surface area contributed by atoms with Crippen molar-refractivity contribution in [2.24, 2.45) is 0 Å². The largest absolute Gasteiger partial charge is 0.368 e. The Morgan fingerprint density at radius 1 is 0.842 bits per heavy atom. The Morgan fingerprint density at radius 3 is 2.05 bits per heavy atom. The third kappa shape index (κ3) is 6.76. The molecule has 1 fully saturated rings. The Morgan fingerprint density at radius 2 is 1.45 bits per heavy atom. The SMILES string of the molecule is CCCN(CC(=O)Nc1ccc(N2CCN(C(=O)c3ccc(C)cc3)CC2)cc1)C(=O)c1ccc(F)cc1. The first-order valence-corrected chi connectivity index (χ1v) is 12.9. The summed E-state index contributed by atoms with van der Waals surface area (Å²) in [6, 6.07) is 20.5. The molecule has 7 nitrogen and oxygen atoms in total. The zero-order valence-corrected chi connectivity index (χ0v) is 21.8. The van der Waals surface area contributed by atoms with Crippen LogP contribution in [0.1, 0.15) is 39.6 Å². The highest BCUT2D eigenvalue weighted by Crippen LogP contribution is 2.20. The molecule has 3 amide bonds. The van der Waals surface area contributed by atoms with E-state index in [0.717, 1.165) is 24.3 Å². The molecule has 1 aliphatic rings. The van der Waals surface area contributed by atoms with Crippen LogP contribution in [0.2, 0.25) is 0 Å². The number of halogens is 1. The number of aryl methyl sites for hydroxylation is 1. The second-order valence-electron chi connectivity index (χ2n) is 9.47. The first-order valence-electron chi connectivity index (χ1n) is 12.9. The van der Waals surface area contributed by atoms with Gasteiger partial charge in [-0.05, 0) is 74.0 Å². The van der Waals surface area contributed by atoms with Crippen molar-refractivity contribution in [3.63, 3.8) is 0 Å². The first kappa shape index (κ1) is 26.9. The number of piperazine rings is 1. The van der Waals surface area contributed by atoms with Gasteiger partial charge >= 0.3 is 0 Å². The average Bonchev–Trinajstić information content (AvgIpc) is 2.93. The van der Waals surface area contributed by atoms with E-state index >= 15 is 0 Å². The van der Waals surface area contributed by atoms with E-state index in [2.05, 4.69) is 10.2 Å². The second kappa shape index (κ2) is 12.4. The molecule has 198 valence electrons. The minimum atomic E-state index is -0.414. The molecule has 0 radical (unpaired) electrons. The van der Waals surface area contributed by atoms with Crippen LogP contribution < -0.4 is 10.2 Å². The molecule has 3 aromatic carbocycles. The maximum Gasteiger partial charge on any atom is 0.254 e. The van der Waals surface area contributed by atoms with Crippen molar-refractivity contribution in [2.75, 3.05) is 49.5 Å². The molecule has 1 saturated heterocycles. The number of hydrogen-bond donors (Lipinski definition) is 1. The predicted octanol–water partition coefficient (Wildman–Crippen LogP) is 4.59. The van der Waals surface area contributed by atoms with Gasteiger partial charge in [-0.3, -0.25) is 14.4 Å². The maximum atomic E-state index is 13.2. The van der Waals surface area contributed by atoms with Gasteiger partial charge in [0.1, 0.15) is 12.4 Å². The molecular weight excluding hydrogens is 483 g/mol. The van der Waals surface area contributed by atoms with Crippen LogP contribution in [0.5, 0.6) is 0 Å². The second-order valence-corrected chi connectivity index (χ2v) is 9.47. The van der Waals surface area contributed by atoms with E-state index in [0.29, 0.717) is 42.9 Å². The molecule has 1 heterocycles. The van der Waals surface area contributed by atoms with Crippen LogP contribution in [0.15, 0.2) is 72.8 Å². The van der Waals surface area contributed by atoms with Crippen LogP contribution in [0, 0.1) is 12.7 Å². The molecular formula is C30H33FN4O3. The normalized spacial score (nSPS) is 13.2. The average molecular weight is 517 g/mol. The molecule has 0 aromatic heterocycles. The van der Waals surface area contributed by atoms with Gasteiger partial charge in [-0.25, -0.2) is 4.39 Å². The lowest BCUT2D eigenvalue weighted by Crippen LogP contribution is -2.48. The van der Waals surface area contributed by atoms with Gasteiger partial charge < -0.3 is 20.0 Å². The van der Waals surface area contributed by atoms with E-state index in [1.165, 1.54) is 29.2 Å². The minimum Gasteiger partial charge on any atom is -0.368 e. The third-order valence-corrected chi connectivity index (χ3v) is 6.59. The van der Waals surface area contributed by atoms with Crippen LogP contribution in [-0.2, 0) is 4.79 Å². The number of benzene rings is 3. The zero-order valence-electron chi connectivity index (χ0n) is 21.8. The molecule has 8 heteroatoms. The minimum absolute atomic E-state index is 0.0535. The maximum absolute atomic E-state index is 13.2. The van der Waals surface area contributed by atoms with Crippen molar-refractivity contribution in [3.05, 3.63) is 95.3 Å². The Kier molecular flexibility index (Phi) is 8.73. The first-order chi connectivity index (χ1) is 18.3. The standard InChI is InChI=1S/C30H33FN4O3/c1-3-16-35(30(38)24-8-10-25(31)11-9-24)21-28(36)32-26-12-14-27(15-13-26)33-17-19-34(20-18-33)29(37)23-6-4-22(2)5-7-23/h4-15H,3,16-21H2,1-2H3,(H,32,36). The van der Waals surface area contributed by atoms with Crippen LogP contribution in [0.4, 0.5) is 15.8 Å². The summed E-state index contributed by atoms with van der Waals surface area (Å²) in [6.07, 6.45) is 0.693. The number of carbonyl (C=O) groups is 3. The molecule has 0 atom stereocenters. The lowest BCUT2D eigenvalue weighted by atomic mass is 10.1. The highest BCUT2D eigenvalue weighted by atomic mass is 19.1. The van der Waals surface area contributed by atoms with Gasteiger partial charge in [0.25, 0.3) is 11.8 Å². The van der Waals surface area contributed by atoms with Crippen LogP contribution in [-0.4, -0.2) is 66.8 Å². The Labute approximate surface area is 222 Å². The molecule has 1 N–H and O–H groups in total. The van der Waals surface area contributed by atoms with Gasteiger partial charge in [-0.1, -0.05) is 24.6 Å². The fraction of sp³-hybridized carbons (Fsp3) is 0.300. The van der Waals surface area contributed by atoms with Crippen LogP contribution in [0.3, 0.4) is 0 Å². The summed E-state index contributed by atoms with van der Waals surface area (Å²) >= 11 is 0. The van der Waals surface area contributed by atoms with E-state index < -0.39 is 5.82 Å². The summed E-state index contributed by atoms with van der Waals surface area (Å²) in [6.45, 7) is 6.98. The number of amides is 3. The van der Waals surface area contributed by atoms with Gasteiger partial charge in [0.05, 0.1) is 0 Å². The van der Waals surface area contributed by atoms with Crippen molar-refractivity contribution < 1.29 is 18.8 Å². The summed E-state index contributed by atoms with van der Waals surface area (Å²) in [5.41, 5.74) is 3.84. The fourth-order valence-corrected chi connectivity index (χ4v) is 4.47. The van der Waals surface area contributed by atoms with E-state index in [-0.39, 0.29) is 24.3 Å². The molecule has 0 bridgehead atoms. The quantitative estimate of drug-likeness (QED) is 0.476. The number of hydrogen-bond acceptors (Lipinski definition) is 4. The highest BCUT2D eigenvalue weighted by molar-refractivity contribution is 5.99. The Hall–Kier alpha value is -4.20. The molecule has 1 aliphatic heterocycles. The number of carbonyl (C=O) groups excluding carboxylic acids is 3. The van der Waals surface area contributed by atoms with Crippen molar-refractivity contribution in [3.8, 4) is 0 Å². The van der Waals surface area contributed by atoms with Gasteiger partial charge in [0.15, 0.2) is 0 Å². The summed E-state index contributed by atoms with van der Waals surface area (Å²) in [7, 11) is 0. The predicted molar refractivity (Wildman–Crippen MR) is 147 cm³/mol. The van der Waals surface area contributed by atoms with Gasteiger partial charge in [-0.15, -0.1) is 0 Å². The van der Waals surface area contributed by atoms with E-state index in [9.17, 15) is 18.8 Å². The monoisotopic (exact) mass is 516 g/mol. The number of nitrogens with one attached hydrogen (secondary N) is 1. The summed E-state index contributed by atoms with van der Waals surface area (Å²) in [5.74, 6) is -0.970. The van der Waals surface area contributed by atoms with Gasteiger partial charge in [0, 0.05) is 55.2 Å². The van der Waals surface area contributed by atoms with Crippen LogP contribution in [0.25, 0.3) is 0 Å². The van der Waals surface area contributed by atoms with Crippen LogP contribution >= 0.6 is 0 Å². The smallest absolute Gasteiger partial charge is 0.254 e. The number of anilines is 2. The number of rotatable bonds is 8. The number of nitrogens with zero attached hydrogens (tertiary/aromatic N) is 3. The van der Waals surface area contributed by atoms with E-state index in [4.69, 9.17) is 0 Å². The summed E-state index contributed by atoms with van der Waals surface area (Å²) in [5, 5.41) is 2.86. The lowest BCUT2D eigenvalue weighted by molar-refractivity contribution is -0.116. The van der Waals surface area contributed by atoms with E-state index in [1.54, 1.807) is 0 Å². The fourth-order valence-electron chi connectivity index (χ4n) is 4.47. The third-order valence-electron chi connectivity index (χ3n) is 6.59. The van der Waals surface area contributed by atoms with E-state index in [1.807, 2.05) is 67.3 Å².